The monoisotopic (exact) mass is 193 g/mol. The molecule has 0 aliphatic rings. The molecule has 70 valence electrons. The molecule has 13 heavy (non-hydrogen) atoms. The molecule has 1 aromatic heterocycles. The molecule has 2 heteroatoms. The first-order valence-corrected chi connectivity index (χ1v) is 5.39. The van der Waals surface area contributed by atoms with Crippen LogP contribution in [0.3, 0.4) is 0 Å². The Morgan fingerprint density at radius 1 is 1.62 bits per heavy atom. The van der Waals surface area contributed by atoms with Crippen LogP contribution in [0, 0.1) is 11.8 Å². The maximum absolute atomic E-state index is 3.43. The van der Waals surface area contributed by atoms with Crippen molar-refractivity contribution in [1.82, 2.24) is 5.32 Å². The van der Waals surface area contributed by atoms with E-state index in [2.05, 4.69) is 41.6 Å². The van der Waals surface area contributed by atoms with Crippen molar-refractivity contribution in [2.45, 2.75) is 26.3 Å². The fourth-order valence-corrected chi connectivity index (χ4v) is 1.87. The molecular weight excluding hydrogens is 178 g/mol. The van der Waals surface area contributed by atoms with E-state index in [9.17, 15) is 0 Å². The second-order valence-corrected chi connectivity index (χ2v) is 3.85. The molecule has 0 amide bonds. The van der Waals surface area contributed by atoms with E-state index in [1.165, 1.54) is 4.88 Å². The quantitative estimate of drug-likeness (QED) is 0.573. The van der Waals surface area contributed by atoms with Gasteiger partial charge in [0.15, 0.2) is 0 Å². The fourth-order valence-electron chi connectivity index (χ4n) is 1.11. The number of thiophene rings is 1. The van der Waals surface area contributed by atoms with Crippen molar-refractivity contribution in [2.75, 3.05) is 6.54 Å². The van der Waals surface area contributed by atoms with E-state index in [0.717, 1.165) is 13.0 Å². The van der Waals surface area contributed by atoms with Gasteiger partial charge in [0, 0.05) is 23.9 Å². The van der Waals surface area contributed by atoms with Gasteiger partial charge in [-0.15, -0.1) is 23.2 Å². The smallest absolute Gasteiger partial charge is 0.0386 e. The van der Waals surface area contributed by atoms with Gasteiger partial charge in [-0.25, -0.2) is 0 Å². The third kappa shape index (κ3) is 3.63. The van der Waals surface area contributed by atoms with Crippen LogP contribution in [0.1, 0.15) is 31.2 Å². The summed E-state index contributed by atoms with van der Waals surface area (Å²) in [6.07, 6.45) is 0.937. The Hall–Kier alpha value is -0.780. The molecule has 1 atom stereocenters. The van der Waals surface area contributed by atoms with Crippen molar-refractivity contribution in [1.29, 1.82) is 0 Å². The average Bonchev–Trinajstić information content (AvgIpc) is 2.65. The van der Waals surface area contributed by atoms with Gasteiger partial charge < -0.3 is 5.32 Å². The maximum atomic E-state index is 3.43. The Morgan fingerprint density at radius 3 is 3.08 bits per heavy atom. The van der Waals surface area contributed by atoms with Gasteiger partial charge in [-0.3, -0.25) is 0 Å². The second kappa shape index (κ2) is 5.80. The topological polar surface area (TPSA) is 12.0 Å². The number of rotatable bonds is 4. The molecule has 0 aromatic carbocycles. The molecule has 0 spiro atoms. The van der Waals surface area contributed by atoms with Crippen LogP contribution in [0.5, 0.6) is 0 Å². The molecule has 0 saturated carbocycles. The summed E-state index contributed by atoms with van der Waals surface area (Å²) in [5.41, 5.74) is 0. The van der Waals surface area contributed by atoms with Crippen LogP contribution >= 0.6 is 11.3 Å². The summed E-state index contributed by atoms with van der Waals surface area (Å²) in [5, 5.41) is 5.54. The summed E-state index contributed by atoms with van der Waals surface area (Å²) in [7, 11) is 0. The normalized spacial score (nSPS) is 11.8. The third-order valence-electron chi connectivity index (χ3n) is 1.85. The SMILES string of the molecule is CC#CCCN[C@H](C)c1cccs1. The van der Waals surface area contributed by atoms with Crippen LogP contribution in [0.2, 0.25) is 0 Å². The summed E-state index contributed by atoms with van der Waals surface area (Å²) in [6, 6.07) is 4.70. The van der Waals surface area contributed by atoms with Crippen LogP contribution in [0.25, 0.3) is 0 Å². The number of nitrogens with one attached hydrogen (secondary N) is 1. The standard InChI is InChI=1S/C11H15NS/c1-3-4-5-8-12-10(2)11-7-6-9-13-11/h6-7,9-10,12H,5,8H2,1-2H3/t10-/m1/s1. The zero-order valence-electron chi connectivity index (χ0n) is 8.13. The van der Waals surface area contributed by atoms with E-state index >= 15 is 0 Å². The highest BCUT2D eigenvalue weighted by molar-refractivity contribution is 7.10. The fraction of sp³-hybridized carbons (Fsp3) is 0.455. The minimum Gasteiger partial charge on any atom is -0.309 e. The molecule has 0 unspecified atom stereocenters. The average molecular weight is 193 g/mol. The van der Waals surface area contributed by atoms with Crippen LogP contribution < -0.4 is 5.32 Å². The summed E-state index contributed by atoms with van der Waals surface area (Å²) in [5.74, 6) is 5.93. The molecule has 1 N–H and O–H groups in total. The van der Waals surface area contributed by atoms with E-state index in [1.807, 2.05) is 6.92 Å². The van der Waals surface area contributed by atoms with Crippen LogP contribution in [-0.2, 0) is 0 Å². The Bertz CT molecular complexity index is 279. The predicted octanol–water partition coefficient (Wildman–Crippen LogP) is 2.81. The predicted molar refractivity (Wildman–Crippen MR) is 58.8 cm³/mol. The molecule has 1 heterocycles. The zero-order chi connectivity index (χ0) is 9.52. The molecule has 0 aliphatic heterocycles. The van der Waals surface area contributed by atoms with Gasteiger partial charge in [-0.1, -0.05) is 6.07 Å². The molecule has 0 fully saturated rings. The Balaban J connectivity index is 2.25. The lowest BCUT2D eigenvalue weighted by Crippen LogP contribution is -2.18. The highest BCUT2D eigenvalue weighted by Gasteiger charge is 2.03. The van der Waals surface area contributed by atoms with Crippen LogP contribution in [-0.4, -0.2) is 6.54 Å². The summed E-state index contributed by atoms with van der Waals surface area (Å²) in [6.45, 7) is 5.04. The zero-order valence-corrected chi connectivity index (χ0v) is 8.95. The first kappa shape index (κ1) is 10.3. The molecular formula is C11H15NS. The molecule has 0 bridgehead atoms. The summed E-state index contributed by atoms with van der Waals surface area (Å²) in [4.78, 5) is 1.39. The van der Waals surface area contributed by atoms with Gasteiger partial charge >= 0.3 is 0 Å². The lowest BCUT2D eigenvalue weighted by molar-refractivity contribution is 0.592. The van der Waals surface area contributed by atoms with E-state index in [-0.39, 0.29) is 0 Å². The Kier molecular flexibility index (Phi) is 4.59. The van der Waals surface area contributed by atoms with Crippen LogP contribution in [0.15, 0.2) is 17.5 Å². The van der Waals surface area contributed by atoms with Crippen molar-refractivity contribution >= 4 is 11.3 Å². The van der Waals surface area contributed by atoms with Crippen molar-refractivity contribution in [3.05, 3.63) is 22.4 Å². The van der Waals surface area contributed by atoms with E-state index in [4.69, 9.17) is 0 Å². The van der Waals surface area contributed by atoms with Crippen molar-refractivity contribution < 1.29 is 0 Å². The number of hydrogen-bond donors (Lipinski definition) is 1. The lowest BCUT2D eigenvalue weighted by Gasteiger charge is -2.09. The minimum atomic E-state index is 0.457. The highest BCUT2D eigenvalue weighted by Crippen LogP contribution is 2.17. The van der Waals surface area contributed by atoms with Gasteiger partial charge in [0.1, 0.15) is 0 Å². The maximum Gasteiger partial charge on any atom is 0.0386 e. The van der Waals surface area contributed by atoms with Crippen LogP contribution in [0.4, 0.5) is 0 Å². The first-order valence-electron chi connectivity index (χ1n) is 4.51. The molecule has 0 aliphatic carbocycles. The van der Waals surface area contributed by atoms with E-state index < -0.39 is 0 Å². The summed E-state index contributed by atoms with van der Waals surface area (Å²) >= 11 is 1.80. The van der Waals surface area contributed by atoms with E-state index in [0.29, 0.717) is 6.04 Å². The number of hydrogen-bond acceptors (Lipinski definition) is 2. The second-order valence-electron chi connectivity index (χ2n) is 2.87. The molecule has 1 aromatic rings. The minimum absolute atomic E-state index is 0.457. The molecule has 0 saturated heterocycles. The largest absolute Gasteiger partial charge is 0.309 e. The molecule has 0 radical (unpaired) electrons. The lowest BCUT2D eigenvalue weighted by atomic mass is 10.2. The highest BCUT2D eigenvalue weighted by atomic mass is 32.1. The molecule has 1 nitrogen and oxygen atoms in total. The Labute approximate surface area is 84.2 Å². The van der Waals surface area contributed by atoms with Crippen molar-refractivity contribution in [2.24, 2.45) is 0 Å². The van der Waals surface area contributed by atoms with E-state index in [1.54, 1.807) is 11.3 Å². The Morgan fingerprint density at radius 2 is 2.46 bits per heavy atom. The third-order valence-corrected chi connectivity index (χ3v) is 2.90. The van der Waals surface area contributed by atoms with Gasteiger partial charge in [0.25, 0.3) is 0 Å². The van der Waals surface area contributed by atoms with Gasteiger partial charge in [-0.05, 0) is 25.3 Å². The van der Waals surface area contributed by atoms with Crippen molar-refractivity contribution in [3.8, 4) is 11.8 Å². The summed E-state index contributed by atoms with van der Waals surface area (Å²) < 4.78 is 0. The van der Waals surface area contributed by atoms with Gasteiger partial charge in [0.05, 0.1) is 0 Å². The van der Waals surface area contributed by atoms with Gasteiger partial charge in [0.2, 0.25) is 0 Å². The van der Waals surface area contributed by atoms with Crippen molar-refractivity contribution in [3.63, 3.8) is 0 Å². The molecule has 1 rings (SSSR count). The first-order chi connectivity index (χ1) is 6.34. The van der Waals surface area contributed by atoms with Gasteiger partial charge in [-0.2, -0.15) is 0 Å².